The lowest BCUT2D eigenvalue weighted by molar-refractivity contribution is 0.0992. The fraction of sp³-hybridized carbons (Fsp3) is 0.167. The van der Waals surface area contributed by atoms with E-state index in [1.807, 2.05) is 18.2 Å². The largest absolute Gasteiger partial charge is 0.451 e. The van der Waals surface area contributed by atoms with E-state index in [1.54, 1.807) is 20.1 Å². The van der Waals surface area contributed by atoms with Crippen molar-refractivity contribution < 1.29 is 18.3 Å². The van der Waals surface area contributed by atoms with Crippen molar-refractivity contribution in [2.75, 3.05) is 12.4 Å². The molecule has 1 N–H and O–H groups in total. The molecule has 4 nitrogen and oxygen atoms in total. The van der Waals surface area contributed by atoms with Crippen LogP contribution in [-0.4, -0.2) is 13.0 Å². The minimum Gasteiger partial charge on any atom is -0.451 e. The van der Waals surface area contributed by atoms with Gasteiger partial charge in [-0.05, 0) is 36.8 Å². The first-order chi connectivity index (χ1) is 11.1. The summed E-state index contributed by atoms with van der Waals surface area (Å²) < 4.78 is 24.0. The van der Waals surface area contributed by atoms with E-state index in [0.29, 0.717) is 22.4 Å². The number of aryl methyl sites for hydroxylation is 1. The molecule has 0 fully saturated rings. The number of hydrogen-bond acceptors (Lipinski definition) is 3. The van der Waals surface area contributed by atoms with Gasteiger partial charge in [0.25, 0.3) is 5.91 Å². The van der Waals surface area contributed by atoms with Gasteiger partial charge in [-0.15, -0.1) is 0 Å². The van der Waals surface area contributed by atoms with Crippen molar-refractivity contribution in [2.45, 2.75) is 13.5 Å². The molecule has 0 spiro atoms. The third-order valence-corrected chi connectivity index (χ3v) is 3.63. The maximum absolute atomic E-state index is 13.2. The molecule has 1 heterocycles. The van der Waals surface area contributed by atoms with Crippen LogP contribution in [0, 0.1) is 12.7 Å². The summed E-state index contributed by atoms with van der Waals surface area (Å²) in [6.45, 7) is 2.00. The molecule has 0 bridgehead atoms. The SMILES string of the molecule is COCc1c(C(=O)Nc2ccc(F)cc2C)oc2ccccc12. The summed E-state index contributed by atoms with van der Waals surface area (Å²) in [7, 11) is 1.56. The second kappa shape index (κ2) is 6.22. The zero-order valence-corrected chi connectivity index (χ0v) is 12.9. The summed E-state index contributed by atoms with van der Waals surface area (Å²) in [6.07, 6.45) is 0. The van der Waals surface area contributed by atoms with Crippen molar-refractivity contribution in [3.8, 4) is 0 Å². The topological polar surface area (TPSA) is 51.5 Å². The number of fused-ring (bicyclic) bond motifs is 1. The number of benzene rings is 2. The van der Waals surface area contributed by atoms with Crippen LogP contribution in [0.15, 0.2) is 46.9 Å². The van der Waals surface area contributed by atoms with Gasteiger partial charge in [0.05, 0.1) is 6.61 Å². The molecular formula is C18H16FNO3. The van der Waals surface area contributed by atoms with Gasteiger partial charge in [0, 0.05) is 23.7 Å². The van der Waals surface area contributed by atoms with Crippen molar-refractivity contribution in [2.24, 2.45) is 0 Å². The normalized spacial score (nSPS) is 10.9. The van der Waals surface area contributed by atoms with Crippen molar-refractivity contribution in [3.63, 3.8) is 0 Å². The van der Waals surface area contributed by atoms with E-state index in [2.05, 4.69) is 5.32 Å². The van der Waals surface area contributed by atoms with Crippen LogP contribution < -0.4 is 5.32 Å². The third kappa shape index (κ3) is 2.96. The van der Waals surface area contributed by atoms with Gasteiger partial charge in [0.15, 0.2) is 5.76 Å². The standard InChI is InChI=1S/C18H16FNO3/c1-11-9-12(19)7-8-15(11)20-18(21)17-14(10-22-2)13-5-3-4-6-16(13)23-17/h3-9H,10H2,1-2H3,(H,20,21). The van der Waals surface area contributed by atoms with Crippen LogP contribution in [0.2, 0.25) is 0 Å². The summed E-state index contributed by atoms with van der Waals surface area (Å²) in [4.78, 5) is 12.6. The number of hydrogen-bond donors (Lipinski definition) is 1. The lowest BCUT2D eigenvalue weighted by Crippen LogP contribution is -2.14. The molecule has 0 aliphatic heterocycles. The zero-order chi connectivity index (χ0) is 16.4. The van der Waals surface area contributed by atoms with E-state index in [-0.39, 0.29) is 24.1 Å². The van der Waals surface area contributed by atoms with Crippen LogP contribution in [-0.2, 0) is 11.3 Å². The Hall–Kier alpha value is -2.66. The van der Waals surface area contributed by atoms with Crippen LogP contribution in [0.25, 0.3) is 11.0 Å². The minimum atomic E-state index is -0.386. The molecule has 0 atom stereocenters. The maximum atomic E-state index is 13.2. The number of rotatable bonds is 4. The van der Waals surface area contributed by atoms with Crippen LogP contribution in [0.4, 0.5) is 10.1 Å². The molecule has 0 saturated carbocycles. The molecule has 0 radical (unpaired) electrons. The molecule has 0 aliphatic carbocycles. The van der Waals surface area contributed by atoms with Gasteiger partial charge < -0.3 is 14.5 Å². The summed E-state index contributed by atoms with van der Waals surface area (Å²) in [6, 6.07) is 11.6. The zero-order valence-electron chi connectivity index (χ0n) is 12.9. The van der Waals surface area contributed by atoms with Gasteiger partial charge in [-0.1, -0.05) is 18.2 Å². The predicted molar refractivity (Wildman–Crippen MR) is 86.0 cm³/mol. The first kappa shape index (κ1) is 15.2. The summed E-state index contributed by atoms with van der Waals surface area (Å²) in [5.41, 5.74) is 2.50. The fourth-order valence-electron chi connectivity index (χ4n) is 2.52. The van der Waals surface area contributed by atoms with Crippen molar-refractivity contribution in [1.82, 2.24) is 0 Å². The Morgan fingerprint density at radius 3 is 2.78 bits per heavy atom. The predicted octanol–water partition coefficient (Wildman–Crippen LogP) is 4.28. The van der Waals surface area contributed by atoms with Crippen molar-refractivity contribution in [3.05, 3.63) is 65.2 Å². The lowest BCUT2D eigenvalue weighted by Gasteiger charge is -2.08. The monoisotopic (exact) mass is 313 g/mol. The summed E-state index contributed by atoms with van der Waals surface area (Å²) >= 11 is 0. The molecule has 0 saturated heterocycles. The van der Waals surface area contributed by atoms with Crippen LogP contribution >= 0.6 is 0 Å². The molecule has 23 heavy (non-hydrogen) atoms. The number of furan rings is 1. The quantitative estimate of drug-likeness (QED) is 0.782. The fourth-order valence-corrected chi connectivity index (χ4v) is 2.52. The molecule has 1 aromatic heterocycles. The first-order valence-electron chi connectivity index (χ1n) is 7.17. The molecule has 3 rings (SSSR count). The highest BCUT2D eigenvalue weighted by Gasteiger charge is 2.20. The Kier molecular flexibility index (Phi) is 4.12. The number of para-hydroxylation sites is 1. The van der Waals surface area contributed by atoms with Gasteiger partial charge in [-0.2, -0.15) is 0 Å². The van der Waals surface area contributed by atoms with Crippen LogP contribution in [0.1, 0.15) is 21.7 Å². The Bertz CT molecular complexity index is 870. The van der Waals surface area contributed by atoms with E-state index in [0.717, 1.165) is 5.39 Å². The van der Waals surface area contributed by atoms with Gasteiger partial charge in [-0.25, -0.2) is 4.39 Å². The van der Waals surface area contributed by atoms with Crippen molar-refractivity contribution >= 4 is 22.6 Å². The Balaban J connectivity index is 1.98. The molecule has 5 heteroatoms. The van der Waals surface area contributed by atoms with Gasteiger partial charge >= 0.3 is 0 Å². The molecule has 3 aromatic rings. The average molecular weight is 313 g/mol. The molecule has 1 amide bonds. The highest BCUT2D eigenvalue weighted by Crippen LogP contribution is 2.27. The Labute approximate surface area is 132 Å². The van der Waals surface area contributed by atoms with Crippen molar-refractivity contribution in [1.29, 1.82) is 0 Å². The van der Waals surface area contributed by atoms with E-state index in [1.165, 1.54) is 18.2 Å². The number of methoxy groups -OCH3 is 1. The molecular weight excluding hydrogens is 297 g/mol. The highest BCUT2D eigenvalue weighted by atomic mass is 19.1. The third-order valence-electron chi connectivity index (χ3n) is 3.63. The van der Waals surface area contributed by atoms with E-state index < -0.39 is 0 Å². The highest BCUT2D eigenvalue weighted by molar-refractivity contribution is 6.06. The second-order valence-corrected chi connectivity index (χ2v) is 5.25. The molecule has 2 aromatic carbocycles. The maximum Gasteiger partial charge on any atom is 0.291 e. The molecule has 118 valence electrons. The summed E-state index contributed by atoms with van der Waals surface area (Å²) in [5.74, 6) is -0.524. The number of anilines is 1. The molecule has 0 unspecified atom stereocenters. The lowest BCUT2D eigenvalue weighted by atomic mass is 10.1. The smallest absolute Gasteiger partial charge is 0.291 e. The number of carbonyl (C=O) groups is 1. The number of halogens is 1. The van der Waals surface area contributed by atoms with Gasteiger partial charge in [0.1, 0.15) is 11.4 Å². The average Bonchev–Trinajstić information content (AvgIpc) is 2.90. The van der Waals surface area contributed by atoms with Crippen LogP contribution in [0.3, 0.4) is 0 Å². The first-order valence-corrected chi connectivity index (χ1v) is 7.17. The second-order valence-electron chi connectivity index (χ2n) is 5.25. The van der Waals surface area contributed by atoms with Gasteiger partial charge in [-0.3, -0.25) is 4.79 Å². The minimum absolute atomic E-state index is 0.205. The number of nitrogens with one attached hydrogen (secondary N) is 1. The Morgan fingerprint density at radius 2 is 2.04 bits per heavy atom. The molecule has 0 aliphatic rings. The van der Waals surface area contributed by atoms with E-state index in [4.69, 9.17) is 9.15 Å². The van der Waals surface area contributed by atoms with Gasteiger partial charge in [0.2, 0.25) is 0 Å². The summed E-state index contributed by atoms with van der Waals surface area (Å²) in [5, 5.41) is 3.60. The number of carbonyl (C=O) groups excluding carboxylic acids is 1. The number of amides is 1. The Morgan fingerprint density at radius 1 is 1.26 bits per heavy atom. The van der Waals surface area contributed by atoms with E-state index in [9.17, 15) is 9.18 Å². The van der Waals surface area contributed by atoms with Crippen LogP contribution in [0.5, 0.6) is 0 Å². The van der Waals surface area contributed by atoms with E-state index >= 15 is 0 Å². The number of ether oxygens (including phenoxy) is 1.